The summed E-state index contributed by atoms with van der Waals surface area (Å²) >= 11 is 0. The monoisotopic (exact) mass is 344 g/mol. The van der Waals surface area contributed by atoms with Gasteiger partial charge in [0.1, 0.15) is 11.6 Å². The molecule has 0 aromatic heterocycles. The average Bonchev–Trinajstić information content (AvgIpc) is 2.56. The number of piperidine rings is 1. The second kappa shape index (κ2) is 7.74. The van der Waals surface area contributed by atoms with E-state index >= 15 is 0 Å². The van der Waals surface area contributed by atoms with Crippen molar-refractivity contribution in [3.63, 3.8) is 0 Å². The first-order chi connectivity index (χ1) is 12.0. The number of rotatable bonds is 4. The predicted molar refractivity (Wildman–Crippen MR) is 93.9 cm³/mol. The second-order valence-corrected chi connectivity index (χ2v) is 6.58. The minimum atomic E-state index is -0.570. The molecule has 25 heavy (non-hydrogen) atoms. The van der Waals surface area contributed by atoms with Crippen LogP contribution in [0.3, 0.4) is 0 Å². The first-order valence-electron chi connectivity index (χ1n) is 8.55. The summed E-state index contributed by atoms with van der Waals surface area (Å²) < 4.78 is 27.1. The lowest BCUT2D eigenvalue weighted by Crippen LogP contribution is -2.43. The molecule has 0 saturated carbocycles. The number of hydrogen-bond donors (Lipinski definition) is 1. The van der Waals surface area contributed by atoms with Gasteiger partial charge in [0.05, 0.1) is 0 Å². The molecule has 1 N–H and O–H groups in total. The average molecular weight is 344 g/mol. The van der Waals surface area contributed by atoms with E-state index in [1.54, 1.807) is 6.92 Å². The summed E-state index contributed by atoms with van der Waals surface area (Å²) in [6.07, 6.45) is 1.87. The Morgan fingerprint density at radius 3 is 2.60 bits per heavy atom. The number of carbonyl (C=O) groups is 1. The summed E-state index contributed by atoms with van der Waals surface area (Å²) in [6.45, 7) is 4.16. The summed E-state index contributed by atoms with van der Waals surface area (Å²) in [6, 6.07) is 11.6. The highest BCUT2D eigenvalue weighted by molar-refractivity contribution is 5.73. The van der Waals surface area contributed by atoms with Crippen LogP contribution in [-0.2, 0) is 11.3 Å². The summed E-state index contributed by atoms with van der Waals surface area (Å²) in [5, 5.41) is 2.97. The fraction of sp³-hybridized carbons (Fsp3) is 0.350. The highest BCUT2D eigenvalue weighted by atomic mass is 19.1. The molecule has 1 fully saturated rings. The van der Waals surface area contributed by atoms with Gasteiger partial charge in [-0.15, -0.1) is 0 Å². The van der Waals surface area contributed by atoms with E-state index in [1.807, 2.05) is 24.3 Å². The molecule has 2 aromatic rings. The molecule has 1 saturated heterocycles. The molecule has 3 nitrogen and oxygen atoms in total. The third-order valence-electron chi connectivity index (χ3n) is 4.57. The smallest absolute Gasteiger partial charge is 0.217 e. The van der Waals surface area contributed by atoms with E-state index in [9.17, 15) is 13.6 Å². The van der Waals surface area contributed by atoms with Crippen LogP contribution in [0.15, 0.2) is 42.5 Å². The largest absolute Gasteiger partial charge is 0.354 e. The van der Waals surface area contributed by atoms with Crippen LogP contribution in [0.25, 0.3) is 11.1 Å². The van der Waals surface area contributed by atoms with E-state index < -0.39 is 11.6 Å². The van der Waals surface area contributed by atoms with Gasteiger partial charge in [-0.05, 0) is 42.2 Å². The molecule has 1 heterocycles. The Morgan fingerprint density at radius 2 is 1.92 bits per heavy atom. The third kappa shape index (κ3) is 4.63. The fourth-order valence-corrected chi connectivity index (χ4v) is 3.34. The molecular formula is C20H22F2N2O. The number of nitrogens with one attached hydrogen (secondary N) is 1. The van der Waals surface area contributed by atoms with Gasteiger partial charge in [0.15, 0.2) is 0 Å². The van der Waals surface area contributed by atoms with Crippen LogP contribution in [0, 0.1) is 11.6 Å². The molecule has 0 atom stereocenters. The van der Waals surface area contributed by atoms with E-state index in [-0.39, 0.29) is 11.9 Å². The van der Waals surface area contributed by atoms with Crippen molar-refractivity contribution in [3.05, 3.63) is 59.7 Å². The van der Waals surface area contributed by atoms with Gasteiger partial charge in [0.2, 0.25) is 5.91 Å². The lowest BCUT2D eigenvalue weighted by molar-refractivity contribution is -0.119. The molecule has 0 radical (unpaired) electrons. The third-order valence-corrected chi connectivity index (χ3v) is 4.57. The van der Waals surface area contributed by atoms with Crippen molar-refractivity contribution in [1.29, 1.82) is 0 Å². The number of hydrogen-bond acceptors (Lipinski definition) is 2. The number of nitrogens with zero attached hydrogens (tertiary/aromatic N) is 1. The van der Waals surface area contributed by atoms with Gasteiger partial charge >= 0.3 is 0 Å². The topological polar surface area (TPSA) is 32.3 Å². The minimum Gasteiger partial charge on any atom is -0.354 e. The maximum atomic E-state index is 14.0. The van der Waals surface area contributed by atoms with Crippen LogP contribution < -0.4 is 5.32 Å². The Kier molecular flexibility index (Phi) is 5.43. The highest BCUT2D eigenvalue weighted by Crippen LogP contribution is 2.25. The van der Waals surface area contributed by atoms with E-state index in [2.05, 4.69) is 10.2 Å². The van der Waals surface area contributed by atoms with Crippen LogP contribution in [0.2, 0.25) is 0 Å². The molecule has 0 spiro atoms. The van der Waals surface area contributed by atoms with Crippen molar-refractivity contribution in [2.75, 3.05) is 13.1 Å². The van der Waals surface area contributed by atoms with Gasteiger partial charge in [-0.1, -0.05) is 18.2 Å². The SMILES string of the molecule is CC(=O)NC1CCN(Cc2cccc(-c3ccc(F)cc3F)c2)CC1. The molecule has 3 rings (SSSR count). The van der Waals surface area contributed by atoms with Crippen molar-refractivity contribution in [3.8, 4) is 11.1 Å². The molecule has 1 amide bonds. The van der Waals surface area contributed by atoms with Crippen LogP contribution in [0.1, 0.15) is 25.3 Å². The minimum absolute atomic E-state index is 0.0208. The van der Waals surface area contributed by atoms with Crippen LogP contribution in [0.4, 0.5) is 8.78 Å². The molecule has 132 valence electrons. The lowest BCUT2D eigenvalue weighted by Gasteiger charge is -2.32. The fourth-order valence-electron chi connectivity index (χ4n) is 3.34. The first-order valence-corrected chi connectivity index (χ1v) is 8.55. The zero-order valence-corrected chi connectivity index (χ0v) is 14.3. The molecule has 2 aromatic carbocycles. The van der Waals surface area contributed by atoms with Crippen molar-refractivity contribution < 1.29 is 13.6 Å². The molecule has 1 aliphatic heterocycles. The Bertz CT molecular complexity index is 755. The van der Waals surface area contributed by atoms with E-state index in [4.69, 9.17) is 0 Å². The summed E-state index contributed by atoms with van der Waals surface area (Å²) in [5.41, 5.74) is 2.26. The number of benzene rings is 2. The van der Waals surface area contributed by atoms with Crippen LogP contribution in [0.5, 0.6) is 0 Å². The standard InChI is InChI=1S/C20H22F2N2O/c1-14(25)23-18-7-9-24(10-8-18)13-15-3-2-4-16(11-15)19-6-5-17(21)12-20(19)22/h2-6,11-12,18H,7-10,13H2,1H3,(H,23,25). The number of halogens is 2. The lowest BCUT2D eigenvalue weighted by atomic mass is 10.0. The molecular weight excluding hydrogens is 322 g/mol. The van der Waals surface area contributed by atoms with Gasteiger partial charge in [-0.25, -0.2) is 8.78 Å². The van der Waals surface area contributed by atoms with Crippen molar-refractivity contribution in [2.24, 2.45) is 0 Å². The Labute approximate surface area is 146 Å². The van der Waals surface area contributed by atoms with Gasteiger partial charge < -0.3 is 5.32 Å². The molecule has 0 bridgehead atoms. The predicted octanol–water partition coefficient (Wildman–Crippen LogP) is 3.73. The van der Waals surface area contributed by atoms with Gasteiger partial charge in [0.25, 0.3) is 0 Å². The maximum absolute atomic E-state index is 14.0. The van der Waals surface area contributed by atoms with E-state index in [0.717, 1.165) is 49.7 Å². The zero-order chi connectivity index (χ0) is 17.8. The van der Waals surface area contributed by atoms with Gasteiger partial charge in [-0.3, -0.25) is 9.69 Å². The molecule has 0 aliphatic carbocycles. The van der Waals surface area contributed by atoms with Gasteiger partial charge in [-0.2, -0.15) is 0 Å². The van der Waals surface area contributed by atoms with Crippen molar-refractivity contribution in [2.45, 2.75) is 32.4 Å². The van der Waals surface area contributed by atoms with Crippen molar-refractivity contribution in [1.82, 2.24) is 10.2 Å². The number of likely N-dealkylation sites (tertiary alicyclic amines) is 1. The van der Waals surface area contributed by atoms with Crippen LogP contribution >= 0.6 is 0 Å². The van der Waals surface area contributed by atoms with E-state index in [1.165, 1.54) is 12.1 Å². The quantitative estimate of drug-likeness (QED) is 0.917. The second-order valence-electron chi connectivity index (χ2n) is 6.58. The molecule has 5 heteroatoms. The summed E-state index contributed by atoms with van der Waals surface area (Å²) in [7, 11) is 0. The Morgan fingerprint density at radius 1 is 1.16 bits per heavy atom. The Balaban J connectivity index is 1.66. The highest BCUT2D eigenvalue weighted by Gasteiger charge is 2.19. The number of carbonyl (C=O) groups excluding carboxylic acids is 1. The van der Waals surface area contributed by atoms with E-state index in [0.29, 0.717) is 5.56 Å². The van der Waals surface area contributed by atoms with Crippen molar-refractivity contribution >= 4 is 5.91 Å². The first kappa shape index (κ1) is 17.5. The Hall–Kier alpha value is -2.27. The van der Waals surface area contributed by atoms with Crippen LogP contribution in [-0.4, -0.2) is 29.9 Å². The summed E-state index contributed by atoms with van der Waals surface area (Å²) in [5.74, 6) is -1.10. The molecule has 1 aliphatic rings. The molecule has 0 unspecified atom stereocenters. The zero-order valence-electron chi connectivity index (χ0n) is 14.3. The maximum Gasteiger partial charge on any atom is 0.217 e. The normalized spacial score (nSPS) is 16.0. The number of amides is 1. The summed E-state index contributed by atoms with van der Waals surface area (Å²) in [4.78, 5) is 13.5. The van der Waals surface area contributed by atoms with Gasteiger partial charge in [0, 0.05) is 44.2 Å².